The van der Waals surface area contributed by atoms with E-state index in [0.29, 0.717) is 19.5 Å². The molecule has 1 fully saturated rings. The van der Waals surface area contributed by atoms with E-state index in [0.717, 1.165) is 11.5 Å². The second-order valence-electron chi connectivity index (χ2n) is 3.08. The van der Waals surface area contributed by atoms with Gasteiger partial charge in [0.1, 0.15) is 0 Å². The average Bonchev–Trinajstić information content (AvgIpc) is 2.20. The van der Waals surface area contributed by atoms with Crippen LogP contribution in [0, 0.1) is 11.3 Å². The zero-order valence-electron chi connectivity index (χ0n) is 8.14. The van der Waals surface area contributed by atoms with Gasteiger partial charge in [0.25, 0.3) is 0 Å². The van der Waals surface area contributed by atoms with Gasteiger partial charge in [-0.25, -0.2) is 8.42 Å². The van der Waals surface area contributed by atoms with Gasteiger partial charge in [-0.1, -0.05) is 6.92 Å². The van der Waals surface area contributed by atoms with E-state index in [1.165, 1.54) is 4.31 Å². The third-order valence-electron chi connectivity index (χ3n) is 2.20. The van der Waals surface area contributed by atoms with Gasteiger partial charge in [-0.15, -0.1) is 0 Å². The second-order valence-corrected chi connectivity index (χ2v) is 6.42. The summed E-state index contributed by atoms with van der Waals surface area (Å²) >= 11 is 1.75. The fourth-order valence-corrected chi connectivity index (χ4v) is 4.09. The maximum atomic E-state index is 11.8. The molecular weight excluding hydrogens is 220 g/mol. The van der Waals surface area contributed by atoms with Crippen molar-refractivity contribution < 1.29 is 8.42 Å². The minimum Gasteiger partial charge on any atom is -0.211 e. The fraction of sp³-hybridized carbons (Fsp3) is 0.875. The lowest BCUT2D eigenvalue weighted by molar-refractivity contribution is 0.438. The van der Waals surface area contributed by atoms with Crippen LogP contribution in [0.2, 0.25) is 0 Å². The Morgan fingerprint density at radius 3 is 2.50 bits per heavy atom. The summed E-state index contributed by atoms with van der Waals surface area (Å²) in [7, 11) is -3.37. The van der Waals surface area contributed by atoms with E-state index >= 15 is 0 Å². The van der Waals surface area contributed by atoms with Crippen molar-refractivity contribution in [3.63, 3.8) is 0 Å². The van der Waals surface area contributed by atoms with E-state index in [2.05, 4.69) is 0 Å². The van der Waals surface area contributed by atoms with Crippen molar-refractivity contribution in [2.45, 2.75) is 18.6 Å². The first-order valence-corrected chi connectivity index (χ1v) is 7.25. The molecule has 6 heteroatoms. The van der Waals surface area contributed by atoms with Gasteiger partial charge in [-0.3, -0.25) is 0 Å². The van der Waals surface area contributed by atoms with Crippen molar-refractivity contribution >= 4 is 21.8 Å². The van der Waals surface area contributed by atoms with Crippen LogP contribution < -0.4 is 0 Å². The molecule has 1 aliphatic rings. The molecule has 80 valence electrons. The highest BCUT2D eigenvalue weighted by Crippen LogP contribution is 2.17. The van der Waals surface area contributed by atoms with Gasteiger partial charge in [0, 0.05) is 24.6 Å². The topological polar surface area (TPSA) is 61.2 Å². The predicted octanol–water partition coefficient (Wildman–Crippen LogP) is 0.667. The molecule has 0 saturated carbocycles. The van der Waals surface area contributed by atoms with Gasteiger partial charge in [0.05, 0.1) is 6.07 Å². The zero-order valence-corrected chi connectivity index (χ0v) is 9.77. The second kappa shape index (κ2) is 5.01. The van der Waals surface area contributed by atoms with Crippen molar-refractivity contribution in [3.8, 4) is 6.07 Å². The van der Waals surface area contributed by atoms with Crippen LogP contribution in [0.4, 0.5) is 0 Å². The third kappa shape index (κ3) is 2.41. The molecule has 0 spiro atoms. The Balaban J connectivity index is 2.78. The number of nitrogens with zero attached hydrogens (tertiary/aromatic N) is 2. The molecule has 0 bridgehead atoms. The fourth-order valence-electron chi connectivity index (χ4n) is 1.35. The summed E-state index contributed by atoms with van der Waals surface area (Å²) in [4.78, 5) is 0. The quantitative estimate of drug-likeness (QED) is 0.720. The molecule has 1 saturated heterocycles. The Labute approximate surface area is 89.3 Å². The normalized spacial score (nSPS) is 21.4. The molecule has 0 aromatic heterocycles. The lowest BCUT2D eigenvalue weighted by Gasteiger charge is -2.27. The summed E-state index contributed by atoms with van der Waals surface area (Å²) in [6, 6.07) is 1.85. The third-order valence-corrected chi connectivity index (χ3v) is 5.39. The number of nitriles is 1. The number of hydrogen-bond acceptors (Lipinski definition) is 4. The molecule has 0 N–H and O–H groups in total. The first kappa shape index (κ1) is 11.8. The molecule has 1 heterocycles. The van der Waals surface area contributed by atoms with Gasteiger partial charge in [-0.2, -0.15) is 21.3 Å². The van der Waals surface area contributed by atoms with E-state index < -0.39 is 15.3 Å². The van der Waals surface area contributed by atoms with Crippen molar-refractivity contribution in [2.75, 3.05) is 24.6 Å². The Kier molecular flexibility index (Phi) is 4.23. The molecule has 14 heavy (non-hydrogen) atoms. The van der Waals surface area contributed by atoms with E-state index in [9.17, 15) is 8.42 Å². The predicted molar refractivity (Wildman–Crippen MR) is 57.5 cm³/mol. The largest absolute Gasteiger partial charge is 0.230 e. The van der Waals surface area contributed by atoms with Crippen LogP contribution in [0.25, 0.3) is 0 Å². The highest BCUT2D eigenvalue weighted by atomic mass is 32.2. The van der Waals surface area contributed by atoms with Crippen molar-refractivity contribution in [3.05, 3.63) is 0 Å². The van der Waals surface area contributed by atoms with Crippen LogP contribution in [-0.4, -0.2) is 42.6 Å². The smallest absolute Gasteiger partial charge is 0.211 e. The van der Waals surface area contributed by atoms with E-state index in [-0.39, 0.29) is 0 Å². The Morgan fingerprint density at radius 2 is 2.07 bits per heavy atom. The number of hydrogen-bond donors (Lipinski definition) is 0. The lowest BCUT2D eigenvalue weighted by atomic mass is 10.4. The van der Waals surface area contributed by atoms with Gasteiger partial charge < -0.3 is 0 Å². The van der Waals surface area contributed by atoms with Crippen LogP contribution in [0.3, 0.4) is 0 Å². The standard InChI is InChI=1S/C8H14N2O2S2/c1-2-8(7-9)14(11,12)10-3-5-13-6-4-10/h8H,2-6H2,1H3. The Bertz CT molecular complexity index is 315. The van der Waals surface area contributed by atoms with E-state index in [4.69, 9.17) is 5.26 Å². The van der Waals surface area contributed by atoms with Gasteiger partial charge in [0.15, 0.2) is 5.25 Å². The van der Waals surface area contributed by atoms with Crippen molar-refractivity contribution in [1.82, 2.24) is 4.31 Å². The maximum Gasteiger partial charge on any atom is 0.230 e. The summed E-state index contributed by atoms with van der Waals surface area (Å²) in [5.41, 5.74) is 0. The summed E-state index contributed by atoms with van der Waals surface area (Å²) in [5, 5.41) is 7.86. The summed E-state index contributed by atoms with van der Waals surface area (Å²) < 4.78 is 25.1. The van der Waals surface area contributed by atoms with E-state index in [1.54, 1.807) is 18.7 Å². The monoisotopic (exact) mass is 234 g/mol. The SMILES string of the molecule is CCC(C#N)S(=O)(=O)N1CCSCC1. The Morgan fingerprint density at radius 1 is 1.50 bits per heavy atom. The molecule has 0 radical (unpaired) electrons. The van der Waals surface area contributed by atoms with Crippen LogP contribution in [0.15, 0.2) is 0 Å². The molecular formula is C8H14N2O2S2. The van der Waals surface area contributed by atoms with Crippen LogP contribution >= 0.6 is 11.8 Å². The van der Waals surface area contributed by atoms with E-state index in [1.807, 2.05) is 6.07 Å². The highest BCUT2D eigenvalue weighted by molar-refractivity contribution is 7.99. The minimum atomic E-state index is -3.37. The Hall–Kier alpha value is -0.250. The average molecular weight is 234 g/mol. The van der Waals surface area contributed by atoms with Gasteiger partial charge in [0.2, 0.25) is 10.0 Å². The van der Waals surface area contributed by atoms with Crippen LogP contribution in [0.5, 0.6) is 0 Å². The molecule has 4 nitrogen and oxygen atoms in total. The van der Waals surface area contributed by atoms with Gasteiger partial charge >= 0.3 is 0 Å². The maximum absolute atomic E-state index is 11.8. The molecule has 1 unspecified atom stereocenters. The van der Waals surface area contributed by atoms with Crippen LogP contribution in [-0.2, 0) is 10.0 Å². The van der Waals surface area contributed by atoms with Crippen LogP contribution in [0.1, 0.15) is 13.3 Å². The van der Waals surface area contributed by atoms with Crippen molar-refractivity contribution in [2.24, 2.45) is 0 Å². The number of sulfonamides is 1. The first-order valence-electron chi connectivity index (χ1n) is 4.59. The first-order chi connectivity index (χ1) is 6.62. The molecule has 1 aliphatic heterocycles. The summed E-state index contributed by atoms with van der Waals surface area (Å²) in [6.45, 7) is 2.82. The molecule has 1 rings (SSSR count). The van der Waals surface area contributed by atoms with Crippen molar-refractivity contribution in [1.29, 1.82) is 5.26 Å². The highest BCUT2D eigenvalue weighted by Gasteiger charge is 2.31. The molecule has 0 amide bonds. The number of thioether (sulfide) groups is 1. The number of rotatable bonds is 3. The molecule has 0 aromatic rings. The van der Waals surface area contributed by atoms with Gasteiger partial charge in [-0.05, 0) is 6.42 Å². The zero-order chi connectivity index (χ0) is 10.6. The lowest BCUT2D eigenvalue weighted by Crippen LogP contribution is -2.42. The molecule has 0 aliphatic carbocycles. The molecule has 1 atom stereocenters. The molecule has 0 aromatic carbocycles. The summed E-state index contributed by atoms with van der Waals surface area (Å²) in [6.07, 6.45) is 0.364. The minimum absolute atomic E-state index is 0.364. The summed E-state index contributed by atoms with van der Waals surface area (Å²) in [5.74, 6) is 1.67.